The van der Waals surface area contributed by atoms with Crippen LogP contribution in [0.2, 0.25) is 5.02 Å². The highest BCUT2D eigenvalue weighted by atomic mass is 35.5. The normalized spacial score (nSPS) is 18.5. The highest BCUT2D eigenvalue weighted by molar-refractivity contribution is 6.32. The molecule has 0 spiro atoms. The zero-order valence-electron chi connectivity index (χ0n) is 16.2. The predicted molar refractivity (Wildman–Crippen MR) is 109 cm³/mol. The van der Waals surface area contributed by atoms with Gasteiger partial charge in [0, 0.05) is 23.0 Å². The lowest BCUT2D eigenvalue weighted by atomic mass is 9.92. The lowest BCUT2D eigenvalue weighted by Crippen LogP contribution is -2.43. The van der Waals surface area contributed by atoms with Crippen LogP contribution in [0.15, 0.2) is 30.4 Å². The quantitative estimate of drug-likeness (QED) is 0.579. The lowest BCUT2D eigenvalue weighted by molar-refractivity contribution is -0.169. The van der Waals surface area contributed by atoms with E-state index in [1.54, 1.807) is 24.3 Å². The Morgan fingerprint density at radius 1 is 1.28 bits per heavy atom. The molecule has 152 valence electrons. The first-order valence-corrected chi connectivity index (χ1v) is 10.1. The molecule has 0 radical (unpaired) electrons. The Morgan fingerprint density at radius 3 is 2.59 bits per heavy atom. The van der Waals surface area contributed by atoms with Crippen molar-refractivity contribution in [3.05, 3.63) is 52.2 Å². The van der Waals surface area contributed by atoms with Crippen molar-refractivity contribution in [1.29, 1.82) is 5.26 Å². The molecule has 2 aromatic rings. The van der Waals surface area contributed by atoms with E-state index in [1.807, 2.05) is 13.0 Å². The fourth-order valence-corrected chi connectivity index (χ4v) is 4.27. The average Bonchev–Trinajstić information content (AvgIpc) is 2.92. The van der Waals surface area contributed by atoms with E-state index in [2.05, 4.69) is 10.6 Å². The molecule has 0 amide bonds. The Morgan fingerprint density at radius 2 is 2.00 bits per heavy atom. The molecule has 0 bridgehead atoms. The highest BCUT2D eigenvalue weighted by Crippen LogP contribution is 2.44. The molecule has 1 aliphatic carbocycles. The molecule has 4 rings (SSSR count). The number of benzene rings is 1. The van der Waals surface area contributed by atoms with Gasteiger partial charge in [0.2, 0.25) is 0 Å². The van der Waals surface area contributed by atoms with Crippen molar-refractivity contribution in [1.82, 2.24) is 9.47 Å². The zero-order chi connectivity index (χ0) is 20.9. The number of hydrogen-bond acceptors (Lipinski definition) is 2. The summed E-state index contributed by atoms with van der Waals surface area (Å²) in [4.78, 5) is 1.33. The van der Waals surface area contributed by atoms with Crippen LogP contribution < -0.4 is 0 Å². The summed E-state index contributed by atoms with van der Waals surface area (Å²) in [5, 5.41) is 11.2. The van der Waals surface area contributed by atoms with Crippen LogP contribution in [0.1, 0.15) is 49.0 Å². The molecule has 29 heavy (non-hydrogen) atoms. The summed E-state index contributed by atoms with van der Waals surface area (Å²) in [6.45, 7) is 3.20. The molecule has 1 aliphatic heterocycles. The van der Waals surface area contributed by atoms with Crippen molar-refractivity contribution in [3.63, 3.8) is 0 Å². The maximum Gasteiger partial charge on any atom is 0.408 e. The number of hydrogen-bond donors (Lipinski definition) is 0. The van der Waals surface area contributed by atoms with Gasteiger partial charge >= 0.3 is 6.18 Å². The van der Waals surface area contributed by atoms with Crippen LogP contribution in [0, 0.1) is 18.3 Å². The summed E-state index contributed by atoms with van der Waals surface area (Å²) in [5.41, 5.74) is 3.12. The Bertz CT molecular complexity index is 1070. The van der Waals surface area contributed by atoms with Gasteiger partial charge in [0.05, 0.1) is 22.5 Å². The molecule has 0 unspecified atom stereocenters. The van der Waals surface area contributed by atoms with Gasteiger partial charge in [0.15, 0.2) is 0 Å². The van der Waals surface area contributed by atoms with E-state index in [1.165, 1.54) is 4.90 Å². The Balaban J connectivity index is 2.00. The van der Waals surface area contributed by atoms with Gasteiger partial charge in [0.25, 0.3) is 0 Å². The maximum atomic E-state index is 13.6. The van der Waals surface area contributed by atoms with Crippen LogP contribution in [0.3, 0.4) is 0 Å². The maximum absolute atomic E-state index is 13.6. The van der Waals surface area contributed by atoms with Crippen LogP contribution in [-0.4, -0.2) is 28.2 Å². The molecule has 2 heterocycles. The van der Waals surface area contributed by atoms with Gasteiger partial charge in [-0.15, -0.1) is 0 Å². The molecule has 2 aliphatic rings. The summed E-state index contributed by atoms with van der Waals surface area (Å²) >= 11 is 6.33. The molecule has 1 atom stereocenters. The van der Waals surface area contributed by atoms with E-state index in [0.29, 0.717) is 27.4 Å². The van der Waals surface area contributed by atoms with Gasteiger partial charge in [-0.25, -0.2) is 0 Å². The number of allylic oxidation sites excluding steroid dienone is 2. The summed E-state index contributed by atoms with van der Waals surface area (Å²) in [6.07, 6.45) is 3.74. The van der Waals surface area contributed by atoms with Crippen LogP contribution >= 0.6 is 11.6 Å². The van der Waals surface area contributed by atoms with Gasteiger partial charge in [0.1, 0.15) is 12.1 Å². The van der Waals surface area contributed by atoms with Crippen LogP contribution in [0.4, 0.5) is 13.2 Å². The van der Waals surface area contributed by atoms with E-state index in [4.69, 9.17) is 11.6 Å². The third-order valence-corrected chi connectivity index (χ3v) is 6.43. The zero-order valence-corrected chi connectivity index (χ0v) is 17.0. The third kappa shape index (κ3) is 3.22. The fraction of sp³-hybridized carbons (Fsp3) is 0.409. The van der Waals surface area contributed by atoms with E-state index < -0.39 is 12.2 Å². The van der Waals surface area contributed by atoms with Crippen molar-refractivity contribution in [2.75, 3.05) is 6.54 Å². The number of halogens is 4. The van der Waals surface area contributed by atoms with Gasteiger partial charge in [-0.1, -0.05) is 23.8 Å². The Hall–Kier alpha value is -2.39. The standard InChI is InChI=1S/C22H21ClF3N3/c1-13-10-20-16(11-18(13)23)17(12-27)21(29(20)15-6-5-7-15)19-8-3-4-9-28(19)14(2)22(24,25)26/h3-4,8,10-11,14-15H,5-7,9H2,1-2H3/t14-/m1/s1. The first-order valence-electron chi connectivity index (χ1n) is 9.68. The van der Waals surface area contributed by atoms with Gasteiger partial charge in [-0.05, 0) is 56.9 Å². The van der Waals surface area contributed by atoms with Gasteiger partial charge < -0.3 is 9.47 Å². The summed E-state index contributed by atoms with van der Waals surface area (Å²) in [6, 6.07) is 4.47. The minimum Gasteiger partial charge on any atom is -0.354 e. The van der Waals surface area contributed by atoms with Gasteiger partial charge in [-0.2, -0.15) is 18.4 Å². The average molecular weight is 420 g/mol. The van der Waals surface area contributed by atoms with E-state index in [0.717, 1.165) is 37.3 Å². The third-order valence-electron chi connectivity index (χ3n) is 6.02. The second-order valence-corrected chi connectivity index (χ2v) is 8.17. The minimum absolute atomic E-state index is 0.142. The van der Waals surface area contributed by atoms with Crippen LogP contribution in [0.25, 0.3) is 16.6 Å². The van der Waals surface area contributed by atoms with Gasteiger partial charge in [-0.3, -0.25) is 0 Å². The highest BCUT2D eigenvalue weighted by Gasteiger charge is 2.42. The molecule has 1 saturated carbocycles. The number of alkyl halides is 3. The SMILES string of the molecule is Cc1cc2c(cc1Cl)c(C#N)c(C1=CC=CCN1[C@H](C)C(F)(F)F)n2C1CCC1. The molecule has 1 aromatic carbocycles. The molecule has 1 fully saturated rings. The fourth-order valence-electron chi connectivity index (χ4n) is 4.11. The molecule has 0 N–H and O–H groups in total. The van der Waals surface area contributed by atoms with Crippen LogP contribution in [0.5, 0.6) is 0 Å². The number of fused-ring (bicyclic) bond motifs is 1. The van der Waals surface area contributed by atoms with E-state index >= 15 is 0 Å². The second kappa shape index (κ2) is 7.14. The first kappa shape index (κ1) is 19.9. The summed E-state index contributed by atoms with van der Waals surface area (Å²) < 4.78 is 42.8. The van der Waals surface area contributed by atoms with Crippen molar-refractivity contribution in [2.24, 2.45) is 0 Å². The van der Waals surface area contributed by atoms with Crippen molar-refractivity contribution >= 4 is 28.2 Å². The molecule has 7 heteroatoms. The lowest BCUT2D eigenvalue weighted by Gasteiger charge is -2.37. The molecule has 0 saturated heterocycles. The summed E-state index contributed by atoms with van der Waals surface area (Å²) in [5.74, 6) is 0. The molecule has 3 nitrogen and oxygen atoms in total. The number of aryl methyl sites for hydroxylation is 1. The number of nitriles is 1. The largest absolute Gasteiger partial charge is 0.408 e. The van der Waals surface area contributed by atoms with E-state index in [9.17, 15) is 18.4 Å². The van der Waals surface area contributed by atoms with Crippen LogP contribution in [-0.2, 0) is 0 Å². The Kier molecular flexibility index (Phi) is 4.90. The molecular weight excluding hydrogens is 399 g/mol. The number of nitrogens with zero attached hydrogens (tertiary/aromatic N) is 3. The van der Waals surface area contributed by atoms with Crippen molar-refractivity contribution in [3.8, 4) is 6.07 Å². The number of rotatable bonds is 3. The molecule has 1 aromatic heterocycles. The van der Waals surface area contributed by atoms with E-state index in [-0.39, 0.29) is 12.6 Å². The Labute approximate surface area is 172 Å². The van der Waals surface area contributed by atoms with Crippen molar-refractivity contribution < 1.29 is 13.2 Å². The minimum atomic E-state index is -4.37. The number of aromatic nitrogens is 1. The predicted octanol–water partition coefficient (Wildman–Crippen LogP) is 6.36. The smallest absolute Gasteiger partial charge is 0.354 e. The first-order chi connectivity index (χ1) is 13.7. The second-order valence-electron chi connectivity index (χ2n) is 7.76. The molecular formula is C22H21ClF3N3. The monoisotopic (exact) mass is 419 g/mol. The summed E-state index contributed by atoms with van der Waals surface area (Å²) in [7, 11) is 0. The van der Waals surface area contributed by atoms with Crippen molar-refractivity contribution in [2.45, 2.75) is 51.4 Å². The topological polar surface area (TPSA) is 32.0 Å².